The van der Waals surface area contributed by atoms with Crippen LogP contribution in [0.25, 0.3) is 0 Å². The molecule has 0 saturated carbocycles. The van der Waals surface area contributed by atoms with Crippen LogP contribution in [0.2, 0.25) is 0 Å². The van der Waals surface area contributed by atoms with Gasteiger partial charge in [0.15, 0.2) is 0 Å². The number of hydrogen-bond donors (Lipinski definition) is 2. The van der Waals surface area contributed by atoms with Crippen molar-refractivity contribution >= 4 is 28.1 Å². The molecule has 0 fully saturated rings. The Hall–Kier alpha value is -3.96. The summed E-state index contributed by atoms with van der Waals surface area (Å²) in [7, 11) is 3.19. The highest BCUT2D eigenvalue weighted by molar-refractivity contribution is 9.10. The van der Waals surface area contributed by atoms with Gasteiger partial charge in [-0.15, -0.1) is 6.42 Å². The van der Waals surface area contributed by atoms with Crippen molar-refractivity contribution in [3.05, 3.63) is 47.0 Å². The minimum Gasteiger partial charge on any atom is -0.495 e. The van der Waals surface area contributed by atoms with E-state index in [2.05, 4.69) is 54.3 Å². The van der Waals surface area contributed by atoms with Gasteiger partial charge in [0.2, 0.25) is 0 Å². The Balaban J connectivity index is 0.000000611. The van der Waals surface area contributed by atoms with Crippen molar-refractivity contribution in [2.75, 3.05) is 27.3 Å². The molecular weight excluding hydrogens is 568 g/mol. The van der Waals surface area contributed by atoms with Gasteiger partial charge in [-0.05, 0) is 69.6 Å². The van der Waals surface area contributed by atoms with Crippen molar-refractivity contribution < 1.29 is 28.5 Å². The van der Waals surface area contributed by atoms with Gasteiger partial charge in [-0.2, -0.15) is 0 Å². The van der Waals surface area contributed by atoms with Crippen molar-refractivity contribution in [2.24, 2.45) is 0 Å². The first-order valence-corrected chi connectivity index (χ1v) is 12.5. The van der Waals surface area contributed by atoms with Crippen LogP contribution in [0.5, 0.6) is 11.5 Å². The standard InChI is InChI=1S/C14H18N2O3.C8H13NO2.C6H6BrNO/c1-14(2,3)19-13(17)16-8-5-6-11-10-15-9-7-12(11)18-4;1-5-6-9-7(10)11-8(2,3)4;1-9-6-2-3-8-4-5(6)7/h7,9-10H,8H2,1-4H3,(H,16,17);1H,6H2,2-4H3,(H,9,10);2-4H,1H3. The molecule has 39 heavy (non-hydrogen) atoms. The largest absolute Gasteiger partial charge is 0.495 e. The van der Waals surface area contributed by atoms with E-state index >= 15 is 0 Å². The van der Waals surface area contributed by atoms with E-state index in [1.54, 1.807) is 92.7 Å². The normalized spacial score (nSPS) is 9.85. The number of nitrogens with zero attached hydrogens (tertiary/aromatic N) is 2. The van der Waals surface area contributed by atoms with Crippen LogP contribution in [0.15, 0.2) is 41.4 Å². The number of amides is 2. The van der Waals surface area contributed by atoms with Crippen molar-refractivity contribution in [1.82, 2.24) is 20.6 Å². The number of nitrogens with one attached hydrogen (secondary N) is 2. The van der Waals surface area contributed by atoms with Gasteiger partial charge in [0.1, 0.15) is 22.7 Å². The van der Waals surface area contributed by atoms with E-state index in [1.807, 2.05) is 0 Å². The second kappa shape index (κ2) is 18.3. The molecule has 11 heteroatoms. The Labute approximate surface area is 239 Å². The third-order valence-corrected chi connectivity index (χ3v) is 4.23. The van der Waals surface area contributed by atoms with Crippen LogP contribution in [0.1, 0.15) is 47.1 Å². The molecular formula is C28H37BrN4O6. The molecule has 2 N–H and O–H groups in total. The van der Waals surface area contributed by atoms with Crippen LogP contribution in [0.4, 0.5) is 9.59 Å². The highest BCUT2D eigenvalue weighted by atomic mass is 79.9. The molecule has 0 atom stereocenters. The van der Waals surface area contributed by atoms with E-state index in [-0.39, 0.29) is 13.1 Å². The summed E-state index contributed by atoms with van der Waals surface area (Å²) in [5.41, 5.74) is -0.293. The summed E-state index contributed by atoms with van der Waals surface area (Å²) in [5, 5.41) is 4.94. The molecule has 2 aromatic rings. The molecule has 2 aromatic heterocycles. The average Bonchev–Trinajstić information content (AvgIpc) is 2.84. The fraction of sp³-hybridized carbons (Fsp3) is 0.429. The second-order valence-electron chi connectivity index (χ2n) is 9.30. The van der Waals surface area contributed by atoms with Gasteiger partial charge in [-0.25, -0.2) is 9.59 Å². The predicted octanol–water partition coefficient (Wildman–Crippen LogP) is 4.96. The van der Waals surface area contributed by atoms with Gasteiger partial charge in [0, 0.05) is 24.8 Å². The number of rotatable bonds is 4. The van der Waals surface area contributed by atoms with Gasteiger partial charge in [0.05, 0.1) is 37.3 Å². The first kappa shape index (κ1) is 35.0. The predicted molar refractivity (Wildman–Crippen MR) is 153 cm³/mol. The zero-order chi connectivity index (χ0) is 29.9. The lowest BCUT2D eigenvalue weighted by atomic mass is 10.2. The zero-order valence-electron chi connectivity index (χ0n) is 23.7. The highest BCUT2D eigenvalue weighted by Gasteiger charge is 2.15. The maximum atomic E-state index is 11.4. The van der Waals surface area contributed by atoms with Crippen molar-refractivity contribution in [1.29, 1.82) is 0 Å². The van der Waals surface area contributed by atoms with Gasteiger partial charge in [0.25, 0.3) is 0 Å². The summed E-state index contributed by atoms with van der Waals surface area (Å²) in [5.74, 6) is 9.42. The summed E-state index contributed by atoms with van der Waals surface area (Å²) in [6.07, 6.45) is 10.6. The zero-order valence-corrected chi connectivity index (χ0v) is 25.3. The molecule has 2 amide bonds. The molecule has 0 aliphatic carbocycles. The van der Waals surface area contributed by atoms with Crippen LogP contribution in [0.3, 0.4) is 0 Å². The number of halogens is 1. The molecule has 0 bridgehead atoms. The SMILES string of the molecule is C#CCNC(=O)OC(C)(C)C.COc1ccncc1Br.COc1ccncc1C#CCNC(=O)OC(C)(C)C. The maximum absolute atomic E-state index is 11.4. The number of carbonyl (C=O) groups excluding carboxylic acids is 2. The van der Waals surface area contributed by atoms with Crippen molar-refractivity contribution in [3.8, 4) is 35.7 Å². The number of pyridine rings is 2. The Morgan fingerprint density at radius 1 is 0.872 bits per heavy atom. The van der Waals surface area contributed by atoms with E-state index in [9.17, 15) is 9.59 Å². The Bertz CT molecular complexity index is 1140. The smallest absolute Gasteiger partial charge is 0.408 e. The fourth-order valence-electron chi connectivity index (χ4n) is 2.19. The first-order chi connectivity index (χ1) is 18.2. The lowest BCUT2D eigenvalue weighted by molar-refractivity contribution is 0.0523. The van der Waals surface area contributed by atoms with E-state index < -0.39 is 23.4 Å². The minimum atomic E-state index is -0.510. The van der Waals surface area contributed by atoms with E-state index in [0.717, 1.165) is 10.2 Å². The summed E-state index contributed by atoms with van der Waals surface area (Å²) >= 11 is 3.27. The molecule has 0 aliphatic heterocycles. The van der Waals surface area contributed by atoms with Crippen LogP contribution >= 0.6 is 15.9 Å². The monoisotopic (exact) mass is 604 g/mol. The van der Waals surface area contributed by atoms with Crippen LogP contribution in [0, 0.1) is 24.2 Å². The lowest BCUT2D eigenvalue weighted by Crippen LogP contribution is -2.32. The highest BCUT2D eigenvalue weighted by Crippen LogP contribution is 2.21. The number of carbonyl (C=O) groups is 2. The molecule has 0 unspecified atom stereocenters. The molecule has 212 valence electrons. The molecule has 2 rings (SSSR count). The molecule has 0 spiro atoms. The molecule has 0 radical (unpaired) electrons. The van der Waals surface area contributed by atoms with Gasteiger partial charge < -0.3 is 29.6 Å². The van der Waals surface area contributed by atoms with Gasteiger partial charge in [-0.1, -0.05) is 17.8 Å². The van der Waals surface area contributed by atoms with Gasteiger partial charge >= 0.3 is 12.2 Å². The summed E-state index contributed by atoms with van der Waals surface area (Å²) in [6, 6.07) is 3.52. The maximum Gasteiger partial charge on any atom is 0.408 e. The van der Waals surface area contributed by atoms with E-state index in [4.69, 9.17) is 25.4 Å². The second-order valence-corrected chi connectivity index (χ2v) is 10.2. The van der Waals surface area contributed by atoms with E-state index in [1.165, 1.54) is 0 Å². The first-order valence-electron chi connectivity index (χ1n) is 11.7. The number of hydrogen-bond acceptors (Lipinski definition) is 8. The third-order valence-electron chi connectivity index (χ3n) is 3.63. The van der Waals surface area contributed by atoms with Gasteiger partial charge in [-0.3, -0.25) is 9.97 Å². The summed E-state index contributed by atoms with van der Waals surface area (Å²) in [6.45, 7) is 11.2. The van der Waals surface area contributed by atoms with Crippen LogP contribution in [-0.4, -0.2) is 60.7 Å². The number of methoxy groups -OCH3 is 2. The number of terminal acetylenes is 1. The van der Waals surface area contributed by atoms with E-state index in [0.29, 0.717) is 11.3 Å². The van der Waals surface area contributed by atoms with Crippen LogP contribution in [-0.2, 0) is 9.47 Å². The summed E-state index contributed by atoms with van der Waals surface area (Å²) < 4.78 is 20.9. The topological polar surface area (TPSA) is 121 Å². The van der Waals surface area contributed by atoms with Crippen molar-refractivity contribution in [2.45, 2.75) is 52.7 Å². The Morgan fingerprint density at radius 2 is 1.36 bits per heavy atom. The molecule has 2 heterocycles. The minimum absolute atomic E-state index is 0.201. The Morgan fingerprint density at radius 3 is 1.79 bits per heavy atom. The molecule has 0 aromatic carbocycles. The lowest BCUT2D eigenvalue weighted by Gasteiger charge is -2.19. The Kier molecular flexibility index (Phi) is 16.5. The quantitative estimate of drug-likeness (QED) is 0.470. The molecule has 10 nitrogen and oxygen atoms in total. The number of ether oxygens (including phenoxy) is 4. The number of aromatic nitrogens is 2. The third kappa shape index (κ3) is 18.9. The number of alkyl carbamates (subject to hydrolysis) is 2. The molecule has 0 saturated heterocycles. The fourth-order valence-corrected chi connectivity index (χ4v) is 2.60. The van der Waals surface area contributed by atoms with Crippen molar-refractivity contribution in [3.63, 3.8) is 0 Å². The average molecular weight is 606 g/mol. The van der Waals surface area contributed by atoms with Crippen LogP contribution < -0.4 is 20.1 Å². The molecule has 0 aliphatic rings. The summed E-state index contributed by atoms with van der Waals surface area (Å²) in [4.78, 5) is 30.0.